The highest BCUT2D eigenvalue weighted by Crippen LogP contribution is 2.31. The second-order valence-electron chi connectivity index (χ2n) is 5.79. The van der Waals surface area contributed by atoms with Crippen molar-refractivity contribution in [3.05, 3.63) is 41.6 Å². The number of rotatable bonds is 5. The van der Waals surface area contributed by atoms with Crippen LogP contribution in [-0.4, -0.2) is 19.4 Å². The van der Waals surface area contributed by atoms with Gasteiger partial charge in [-0.1, -0.05) is 26.0 Å². The second-order valence-corrected chi connectivity index (χ2v) is 5.79. The molecule has 1 aromatic carbocycles. The second kappa shape index (κ2) is 6.60. The summed E-state index contributed by atoms with van der Waals surface area (Å²) in [5.41, 5.74) is 2.27. The number of carbonyl (C=O) groups excluding carboxylic acids is 1. The van der Waals surface area contributed by atoms with Gasteiger partial charge in [0.15, 0.2) is 5.78 Å². The first kappa shape index (κ1) is 14.6. The Morgan fingerprint density at radius 2 is 1.95 bits per heavy atom. The van der Waals surface area contributed by atoms with Gasteiger partial charge in [-0.15, -0.1) is 0 Å². The molecule has 0 amide bonds. The standard InChI is InChI=1S/C17H23NO2/c1-12(2)11-18-15-8-14(9-16(19)10-15)13-4-6-17(20-3)7-5-13/h4-7,10,12,14,18H,8-9,11H2,1-3H3/t14-/m1/s1. The third kappa shape index (κ3) is 3.86. The predicted octanol–water partition coefficient (Wildman–Crippen LogP) is 3.27. The van der Waals surface area contributed by atoms with Crippen LogP contribution in [-0.2, 0) is 4.79 Å². The normalized spacial score (nSPS) is 18.9. The van der Waals surface area contributed by atoms with Gasteiger partial charge in [0.1, 0.15) is 5.75 Å². The van der Waals surface area contributed by atoms with Crippen LogP contribution >= 0.6 is 0 Å². The molecule has 0 fully saturated rings. The van der Waals surface area contributed by atoms with Gasteiger partial charge >= 0.3 is 0 Å². The van der Waals surface area contributed by atoms with E-state index in [0.29, 0.717) is 12.3 Å². The summed E-state index contributed by atoms with van der Waals surface area (Å²) < 4.78 is 5.17. The van der Waals surface area contributed by atoms with Crippen molar-refractivity contribution >= 4 is 5.78 Å². The van der Waals surface area contributed by atoms with Crippen LogP contribution in [0.4, 0.5) is 0 Å². The lowest BCUT2D eigenvalue weighted by Crippen LogP contribution is -2.25. The molecule has 3 nitrogen and oxygen atoms in total. The number of ketones is 1. The topological polar surface area (TPSA) is 38.3 Å². The fraction of sp³-hybridized carbons (Fsp3) is 0.471. The Hall–Kier alpha value is -1.77. The number of ether oxygens (including phenoxy) is 1. The maximum absolute atomic E-state index is 11.9. The smallest absolute Gasteiger partial charge is 0.158 e. The maximum atomic E-state index is 11.9. The number of benzene rings is 1. The van der Waals surface area contributed by atoms with Gasteiger partial charge in [0, 0.05) is 24.7 Å². The van der Waals surface area contributed by atoms with E-state index in [4.69, 9.17) is 4.74 Å². The summed E-state index contributed by atoms with van der Waals surface area (Å²) in [6.07, 6.45) is 3.27. The number of methoxy groups -OCH3 is 1. The maximum Gasteiger partial charge on any atom is 0.158 e. The molecule has 0 aromatic heterocycles. The number of hydrogen-bond donors (Lipinski definition) is 1. The van der Waals surface area contributed by atoms with E-state index >= 15 is 0 Å². The molecule has 0 aliphatic heterocycles. The molecular formula is C17H23NO2. The highest BCUT2D eigenvalue weighted by atomic mass is 16.5. The van der Waals surface area contributed by atoms with Crippen LogP contribution < -0.4 is 10.1 Å². The van der Waals surface area contributed by atoms with E-state index in [0.717, 1.165) is 24.4 Å². The molecule has 108 valence electrons. The first-order valence-electron chi connectivity index (χ1n) is 7.19. The molecule has 0 saturated heterocycles. The van der Waals surface area contributed by atoms with Gasteiger partial charge in [-0.2, -0.15) is 0 Å². The Bertz CT molecular complexity index is 488. The summed E-state index contributed by atoms with van der Waals surface area (Å²) in [6.45, 7) is 5.24. The van der Waals surface area contributed by atoms with Crippen LogP contribution in [0.25, 0.3) is 0 Å². The minimum atomic E-state index is 0.211. The highest BCUT2D eigenvalue weighted by Gasteiger charge is 2.22. The largest absolute Gasteiger partial charge is 0.497 e. The molecule has 2 rings (SSSR count). The Labute approximate surface area is 121 Å². The van der Waals surface area contributed by atoms with Crippen molar-refractivity contribution in [2.75, 3.05) is 13.7 Å². The predicted molar refractivity (Wildman–Crippen MR) is 80.9 cm³/mol. The Morgan fingerprint density at radius 3 is 2.55 bits per heavy atom. The number of carbonyl (C=O) groups is 1. The van der Waals surface area contributed by atoms with Crippen LogP contribution in [0.3, 0.4) is 0 Å². The highest BCUT2D eigenvalue weighted by molar-refractivity contribution is 5.91. The first-order chi connectivity index (χ1) is 9.58. The first-order valence-corrected chi connectivity index (χ1v) is 7.19. The van der Waals surface area contributed by atoms with E-state index in [1.807, 2.05) is 12.1 Å². The van der Waals surface area contributed by atoms with Gasteiger partial charge in [0.25, 0.3) is 0 Å². The molecule has 0 saturated carbocycles. The molecular weight excluding hydrogens is 250 g/mol. The average Bonchev–Trinajstić information content (AvgIpc) is 2.44. The van der Waals surface area contributed by atoms with E-state index < -0.39 is 0 Å². The third-order valence-corrected chi connectivity index (χ3v) is 3.57. The summed E-state index contributed by atoms with van der Waals surface area (Å²) in [5, 5.41) is 3.39. The Morgan fingerprint density at radius 1 is 1.25 bits per heavy atom. The van der Waals surface area contributed by atoms with Crippen molar-refractivity contribution < 1.29 is 9.53 Å². The summed E-state index contributed by atoms with van der Waals surface area (Å²) >= 11 is 0. The molecule has 3 heteroatoms. The zero-order valence-corrected chi connectivity index (χ0v) is 12.5. The van der Waals surface area contributed by atoms with Gasteiger partial charge < -0.3 is 10.1 Å². The zero-order valence-electron chi connectivity index (χ0n) is 12.5. The molecule has 0 bridgehead atoms. The van der Waals surface area contributed by atoms with Crippen molar-refractivity contribution in [3.8, 4) is 5.75 Å². The van der Waals surface area contributed by atoms with Crippen molar-refractivity contribution in [1.29, 1.82) is 0 Å². The van der Waals surface area contributed by atoms with Gasteiger partial charge in [-0.05, 0) is 36.0 Å². The van der Waals surface area contributed by atoms with Gasteiger partial charge in [-0.25, -0.2) is 0 Å². The molecule has 0 spiro atoms. The molecule has 1 N–H and O–H groups in total. The van der Waals surface area contributed by atoms with Crippen LogP contribution in [0.1, 0.15) is 38.2 Å². The van der Waals surface area contributed by atoms with Gasteiger partial charge in [0.2, 0.25) is 0 Å². The van der Waals surface area contributed by atoms with Crippen molar-refractivity contribution in [1.82, 2.24) is 5.32 Å². The van der Waals surface area contributed by atoms with Gasteiger partial charge in [0.05, 0.1) is 7.11 Å². The number of hydrogen-bond acceptors (Lipinski definition) is 3. The fourth-order valence-corrected chi connectivity index (χ4v) is 2.46. The van der Waals surface area contributed by atoms with Crippen LogP contribution in [0.2, 0.25) is 0 Å². The van der Waals surface area contributed by atoms with Crippen LogP contribution in [0.15, 0.2) is 36.0 Å². The summed E-state index contributed by atoms with van der Waals surface area (Å²) in [6, 6.07) is 8.03. The summed E-state index contributed by atoms with van der Waals surface area (Å²) in [7, 11) is 1.66. The van der Waals surface area contributed by atoms with Crippen LogP contribution in [0.5, 0.6) is 5.75 Å². The van der Waals surface area contributed by atoms with Gasteiger partial charge in [-0.3, -0.25) is 4.79 Å². The van der Waals surface area contributed by atoms with Crippen molar-refractivity contribution in [2.24, 2.45) is 5.92 Å². The Balaban J connectivity index is 2.06. The lowest BCUT2D eigenvalue weighted by Gasteiger charge is -2.24. The SMILES string of the molecule is COc1ccc([C@H]2CC(=O)C=C(NCC(C)C)C2)cc1. The monoisotopic (exact) mass is 273 g/mol. The third-order valence-electron chi connectivity index (χ3n) is 3.57. The zero-order chi connectivity index (χ0) is 14.5. The average molecular weight is 273 g/mol. The summed E-state index contributed by atoms with van der Waals surface area (Å²) in [4.78, 5) is 11.9. The minimum absolute atomic E-state index is 0.211. The van der Waals surface area contributed by atoms with E-state index in [-0.39, 0.29) is 11.7 Å². The lowest BCUT2D eigenvalue weighted by atomic mass is 9.85. The molecule has 1 atom stereocenters. The number of allylic oxidation sites excluding steroid dienone is 2. The molecule has 20 heavy (non-hydrogen) atoms. The Kier molecular flexibility index (Phi) is 4.83. The van der Waals surface area contributed by atoms with Crippen molar-refractivity contribution in [3.63, 3.8) is 0 Å². The van der Waals surface area contributed by atoms with E-state index in [9.17, 15) is 4.79 Å². The molecule has 1 aliphatic carbocycles. The van der Waals surface area contributed by atoms with E-state index in [1.165, 1.54) is 5.56 Å². The van der Waals surface area contributed by atoms with Crippen LogP contribution in [0, 0.1) is 5.92 Å². The molecule has 0 radical (unpaired) electrons. The molecule has 0 unspecified atom stereocenters. The quantitative estimate of drug-likeness (QED) is 0.894. The molecule has 1 aromatic rings. The van der Waals surface area contributed by atoms with E-state index in [2.05, 4.69) is 31.3 Å². The van der Waals surface area contributed by atoms with Crippen molar-refractivity contribution in [2.45, 2.75) is 32.6 Å². The molecule has 0 heterocycles. The van der Waals surface area contributed by atoms with E-state index in [1.54, 1.807) is 13.2 Å². The molecule has 1 aliphatic rings. The summed E-state index contributed by atoms with van der Waals surface area (Å²) in [5.74, 6) is 1.91. The lowest BCUT2D eigenvalue weighted by molar-refractivity contribution is -0.115. The fourth-order valence-electron chi connectivity index (χ4n) is 2.46. The minimum Gasteiger partial charge on any atom is -0.497 e. The number of nitrogens with one attached hydrogen (secondary N) is 1.